The Kier molecular flexibility index (Phi) is 11.6. The highest BCUT2D eigenvalue weighted by atomic mass is 127. The zero-order valence-electron chi connectivity index (χ0n) is 18.5. The average molecular weight is 557 g/mol. The van der Waals surface area contributed by atoms with E-state index in [4.69, 9.17) is 9.73 Å². The highest BCUT2D eigenvalue weighted by Gasteiger charge is 2.22. The van der Waals surface area contributed by atoms with Gasteiger partial charge >= 0.3 is 0 Å². The van der Waals surface area contributed by atoms with Crippen LogP contribution in [-0.4, -0.2) is 71.6 Å². The van der Waals surface area contributed by atoms with Gasteiger partial charge in [-0.2, -0.15) is 0 Å². The Morgan fingerprint density at radius 3 is 2.72 bits per heavy atom. The first kappa shape index (κ1) is 26.2. The number of aliphatic imine (C=N–C) groups is 1. The molecule has 0 bridgehead atoms. The van der Waals surface area contributed by atoms with Gasteiger partial charge in [0.25, 0.3) is 0 Å². The van der Waals surface area contributed by atoms with Crippen molar-refractivity contribution < 1.29 is 9.13 Å². The summed E-state index contributed by atoms with van der Waals surface area (Å²) >= 11 is 0. The topological polar surface area (TPSA) is 79.6 Å². The lowest BCUT2D eigenvalue weighted by Gasteiger charge is -2.34. The highest BCUT2D eigenvalue weighted by Crippen LogP contribution is 2.22. The number of guanidine groups is 1. The number of nitrogens with one attached hydrogen (secondary N) is 2. The summed E-state index contributed by atoms with van der Waals surface area (Å²) < 4.78 is 21.0. The maximum atomic E-state index is 13.5. The summed E-state index contributed by atoms with van der Waals surface area (Å²) in [5.41, 5.74) is 1.05. The molecule has 0 saturated carbocycles. The highest BCUT2D eigenvalue weighted by molar-refractivity contribution is 14.0. The Balaban J connectivity index is 0.00000363. The molecule has 0 radical (unpaired) electrons. The molecule has 2 N–H and O–H groups in total. The van der Waals surface area contributed by atoms with Crippen molar-refractivity contribution in [2.24, 2.45) is 4.99 Å². The van der Waals surface area contributed by atoms with Crippen LogP contribution in [0.1, 0.15) is 24.4 Å². The zero-order valence-corrected chi connectivity index (χ0v) is 20.9. The maximum Gasteiger partial charge on any atom is 0.191 e. The van der Waals surface area contributed by atoms with Gasteiger partial charge in [0.1, 0.15) is 18.0 Å². The van der Waals surface area contributed by atoms with Crippen LogP contribution in [0, 0.1) is 5.82 Å². The Morgan fingerprint density at radius 2 is 2.03 bits per heavy atom. The van der Waals surface area contributed by atoms with Crippen LogP contribution in [0.2, 0.25) is 0 Å². The van der Waals surface area contributed by atoms with Gasteiger partial charge in [-0.15, -0.1) is 40.8 Å². The molecule has 1 saturated heterocycles. The number of aryl methyl sites for hydroxylation is 1. The minimum absolute atomic E-state index is 0. The number of aromatic nitrogens is 3. The first-order chi connectivity index (χ1) is 15.2. The van der Waals surface area contributed by atoms with Gasteiger partial charge in [0.15, 0.2) is 5.96 Å². The molecule has 1 aromatic heterocycles. The molecule has 1 unspecified atom stereocenters. The second-order valence-electron chi connectivity index (χ2n) is 7.30. The standard InChI is InChI=1S/C22H32FN7O.HI/c1-3-9-24-22(25-10-11-30-17-27-28-21(30)4-2)26-16-20(29-12-14-31-15-13-29)18-5-7-19(23)8-6-18;/h3,5-8,17,20H,1,4,9-16H2,2H3,(H2,24,25,26);1H. The summed E-state index contributed by atoms with van der Waals surface area (Å²) in [5.74, 6) is 1.44. The van der Waals surface area contributed by atoms with Crippen LogP contribution in [0.25, 0.3) is 0 Å². The number of ether oxygens (including phenoxy) is 1. The molecule has 1 atom stereocenters. The van der Waals surface area contributed by atoms with E-state index in [1.165, 1.54) is 12.1 Å². The SMILES string of the molecule is C=CCNC(=NCC(c1ccc(F)cc1)N1CCOCC1)NCCn1cnnc1CC.I. The minimum Gasteiger partial charge on any atom is -0.379 e. The van der Waals surface area contributed by atoms with Gasteiger partial charge in [0.2, 0.25) is 0 Å². The van der Waals surface area contributed by atoms with Crippen molar-refractivity contribution in [3.63, 3.8) is 0 Å². The maximum absolute atomic E-state index is 13.5. The molecular weight excluding hydrogens is 524 g/mol. The van der Waals surface area contributed by atoms with Crippen molar-refractivity contribution in [2.75, 3.05) is 45.9 Å². The Hall–Kier alpha value is -2.05. The van der Waals surface area contributed by atoms with Crippen molar-refractivity contribution in [1.82, 2.24) is 30.3 Å². The van der Waals surface area contributed by atoms with Crippen molar-refractivity contribution in [1.29, 1.82) is 0 Å². The van der Waals surface area contributed by atoms with Crippen molar-refractivity contribution in [2.45, 2.75) is 25.9 Å². The first-order valence-corrected chi connectivity index (χ1v) is 10.8. The monoisotopic (exact) mass is 557 g/mol. The van der Waals surface area contributed by atoms with Gasteiger partial charge in [-0.05, 0) is 17.7 Å². The molecule has 2 heterocycles. The largest absolute Gasteiger partial charge is 0.379 e. The molecule has 0 aliphatic carbocycles. The summed E-state index contributed by atoms with van der Waals surface area (Å²) in [6.07, 6.45) is 4.39. The van der Waals surface area contributed by atoms with Crippen molar-refractivity contribution >= 4 is 29.9 Å². The number of halogens is 2. The van der Waals surface area contributed by atoms with Crippen LogP contribution in [-0.2, 0) is 17.7 Å². The van der Waals surface area contributed by atoms with E-state index >= 15 is 0 Å². The molecule has 1 fully saturated rings. The molecular formula is C22H33FIN7O. The van der Waals surface area contributed by atoms with E-state index in [1.807, 2.05) is 16.7 Å². The lowest BCUT2D eigenvalue weighted by Crippen LogP contribution is -2.42. The average Bonchev–Trinajstić information content (AvgIpc) is 3.26. The second-order valence-corrected chi connectivity index (χ2v) is 7.30. The van der Waals surface area contributed by atoms with Crippen LogP contribution >= 0.6 is 24.0 Å². The van der Waals surface area contributed by atoms with Crippen molar-refractivity contribution in [3.05, 3.63) is 60.5 Å². The van der Waals surface area contributed by atoms with E-state index in [9.17, 15) is 4.39 Å². The van der Waals surface area contributed by atoms with Gasteiger partial charge in [0, 0.05) is 39.1 Å². The predicted octanol–water partition coefficient (Wildman–Crippen LogP) is 2.39. The molecule has 3 rings (SSSR count). The zero-order chi connectivity index (χ0) is 21.9. The third-order valence-electron chi connectivity index (χ3n) is 5.23. The summed E-state index contributed by atoms with van der Waals surface area (Å²) in [6, 6.07) is 6.75. The quantitative estimate of drug-likeness (QED) is 0.202. The van der Waals surface area contributed by atoms with E-state index < -0.39 is 0 Å². The molecule has 10 heteroatoms. The first-order valence-electron chi connectivity index (χ1n) is 10.8. The van der Waals surface area contributed by atoms with Crippen molar-refractivity contribution in [3.8, 4) is 0 Å². The smallest absolute Gasteiger partial charge is 0.191 e. The van der Waals surface area contributed by atoms with Crippen LogP contribution in [0.5, 0.6) is 0 Å². The van der Waals surface area contributed by atoms with Crippen LogP contribution in [0.4, 0.5) is 4.39 Å². The van der Waals surface area contributed by atoms with Crippen LogP contribution in [0.15, 0.2) is 48.2 Å². The number of morpholine rings is 1. The normalized spacial score (nSPS) is 15.6. The predicted molar refractivity (Wildman–Crippen MR) is 135 cm³/mol. The van der Waals surface area contributed by atoms with Gasteiger partial charge < -0.3 is 19.9 Å². The third kappa shape index (κ3) is 7.82. The van der Waals surface area contributed by atoms with E-state index in [0.29, 0.717) is 38.8 Å². The fraction of sp³-hybridized carbons (Fsp3) is 0.500. The van der Waals surface area contributed by atoms with Crippen LogP contribution < -0.4 is 10.6 Å². The number of hydrogen-bond acceptors (Lipinski definition) is 5. The molecule has 32 heavy (non-hydrogen) atoms. The molecule has 1 aliphatic heterocycles. The molecule has 0 amide bonds. The lowest BCUT2D eigenvalue weighted by atomic mass is 10.0. The fourth-order valence-electron chi connectivity index (χ4n) is 3.56. The number of hydrogen-bond donors (Lipinski definition) is 2. The van der Waals surface area contributed by atoms with E-state index in [-0.39, 0.29) is 35.8 Å². The van der Waals surface area contributed by atoms with Gasteiger partial charge in [-0.25, -0.2) is 4.39 Å². The van der Waals surface area contributed by atoms with E-state index in [2.05, 4.69) is 39.2 Å². The van der Waals surface area contributed by atoms with Crippen LogP contribution in [0.3, 0.4) is 0 Å². The van der Waals surface area contributed by atoms with E-state index in [1.54, 1.807) is 12.4 Å². The summed E-state index contributed by atoms with van der Waals surface area (Å²) in [6.45, 7) is 11.5. The van der Waals surface area contributed by atoms with Gasteiger partial charge in [-0.1, -0.05) is 25.1 Å². The second kappa shape index (κ2) is 14.2. The Labute approximate surface area is 206 Å². The number of rotatable bonds is 10. The molecule has 176 valence electrons. The number of nitrogens with zero attached hydrogens (tertiary/aromatic N) is 5. The summed E-state index contributed by atoms with van der Waals surface area (Å²) in [7, 11) is 0. The summed E-state index contributed by atoms with van der Waals surface area (Å²) in [4.78, 5) is 7.17. The molecule has 2 aromatic rings. The van der Waals surface area contributed by atoms with Gasteiger partial charge in [0.05, 0.1) is 25.8 Å². The number of benzene rings is 1. The van der Waals surface area contributed by atoms with E-state index in [0.717, 1.165) is 37.4 Å². The fourth-order valence-corrected chi connectivity index (χ4v) is 3.56. The minimum atomic E-state index is -0.233. The Morgan fingerprint density at radius 1 is 1.28 bits per heavy atom. The third-order valence-corrected chi connectivity index (χ3v) is 5.23. The summed E-state index contributed by atoms with van der Waals surface area (Å²) in [5, 5.41) is 14.7. The molecule has 1 aliphatic rings. The van der Waals surface area contributed by atoms with Gasteiger partial charge in [-0.3, -0.25) is 9.89 Å². The lowest BCUT2D eigenvalue weighted by molar-refractivity contribution is 0.0179. The Bertz CT molecular complexity index is 837. The molecule has 8 nitrogen and oxygen atoms in total. The molecule has 1 aromatic carbocycles. The molecule has 0 spiro atoms.